The summed E-state index contributed by atoms with van der Waals surface area (Å²) in [7, 11) is 0. The lowest BCUT2D eigenvalue weighted by Crippen LogP contribution is -2.25. The number of rotatable bonds is 3. The van der Waals surface area contributed by atoms with Gasteiger partial charge in [0.2, 0.25) is 0 Å². The molecule has 0 bridgehead atoms. The highest BCUT2D eigenvalue weighted by Crippen LogP contribution is 2.23. The van der Waals surface area contributed by atoms with E-state index >= 15 is 0 Å². The van der Waals surface area contributed by atoms with E-state index < -0.39 is 0 Å². The molecule has 1 aromatic carbocycles. The molecule has 2 heterocycles. The third-order valence-electron chi connectivity index (χ3n) is 3.23. The molecule has 0 atom stereocenters. The summed E-state index contributed by atoms with van der Waals surface area (Å²) in [6.07, 6.45) is 0. The highest BCUT2D eigenvalue weighted by Gasteiger charge is 2.16. The van der Waals surface area contributed by atoms with Crippen LogP contribution in [0.5, 0.6) is 5.75 Å². The van der Waals surface area contributed by atoms with Gasteiger partial charge in [0.1, 0.15) is 12.4 Å². The van der Waals surface area contributed by atoms with Gasteiger partial charge in [-0.2, -0.15) is 0 Å². The molecule has 0 radical (unpaired) electrons. The van der Waals surface area contributed by atoms with E-state index in [0.29, 0.717) is 13.2 Å². The van der Waals surface area contributed by atoms with Crippen LogP contribution in [-0.2, 0) is 19.6 Å². The first-order chi connectivity index (χ1) is 9.35. The Balaban J connectivity index is 1.72. The van der Waals surface area contributed by atoms with Crippen LogP contribution in [0.15, 0.2) is 34.9 Å². The number of fused-ring (bicyclic) bond motifs is 1. The second-order valence-electron chi connectivity index (χ2n) is 4.66. The van der Waals surface area contributed by atoms with Gasteiger partial charge in [0.05, 0.1) is 12.2 Å². The van der Waals surface area contributed by atoms with Crippen molar-refractivity contribution < 1.29 is 9.26 Å². The Hall–Kier alpha value is -1.85. The van der Waals surface area contributed by atoms with Crippen LogP contribution in [0, 0.1) is 0 Å². The summed E-state index contributed by atoms with van der Waals surface area (Å²) in [5.74, 6) is 1.82. The Morgan fingerprint density at radius 1 is 1.32 bits per heavy atom. The van der Waals surface area contributed by atoms with Crippen molar-refractivity contribution in [3.8, 4) is 5.75 Å². The minimum atomic E-state index is 0.412. The van der Waals surface area contributed by atoms with Gasteiger partial charge in [0.15, 0.2) is 5.76 Å². The molecule has 5 heteroatoms. The largest absolute Gasteiger partial charge is 0.492 e. The highest BCUT2D eigenvalue weighted by molar-refractivity contribution is 5.33. The molecule has 1 aliphatic rings. The number of para-hydroxylation sites is 1. The lowest BCUT2D eigenvalue weighted by molar-refractivity contribution is 0.199. The Kier molecular flexibility index (Phi) is 3.48. The maximum absolute atomic E-state index is 5.73. The maximum atomic E-state index is 5.73. The monoisotopic (exact) mass is 259 g/mol. The third-order valence-corrected chi connectivity index (χ3v) is 3.23. The molecule has 0 saturated heterocycles. The molecule has 1 aromatic heterocycles. The second kappa shape index (κ2) is 5.42. The molecular weight excluding hydrogens is 242 g/mol. The molecule has 1 aliphatic heterocycles. The zero-order valence-electron chi connectivity index (χ0n) is 10.7. The Bertz CT molecular complexity index is 553. The van der Waals surface area contributed by atoms with Crippen molar-refractivity contribution in [1.29, 1.82) is 0 Å². The first-order valence-corrected chi connectivity index (χ1v) is 6.43. The smallest absolute Gasteiger partial charge is 0.151 e. The van der Waals surface area contributed by atoms with Crippen molar-refractivity contribution >= 4 is 0 Å². The Labute approximate surface area is 111 Å². The van der Waals surface area contributed by atoms with Crippen LogP contribution in [0.4, 0.5) is 0 Å². The number of nitrogens with zero attached hydrogens (tertiary/aromatic N) is 2. The average molecular weight is 259 g/mol. The molecule has 0 fully saturated rings. The van der Waals surface area contributed by atoms with E-state index in [0.717, 1.165) is 36.8 Å². The predicted molar refractivity (Wildman–Crippen MR) is 70.4 cm³/mol. The maximum Gasteiger partial charge on any atom is 0.151 e. The van der Waals surface area contributed by atoms with Gasteiger partial charge in [-0.15, -0.1) is 0 Å². The quantitative estimate of drug-likeness (QED) is 0.905. The zero-order chi connectivity index (χ0) is 13.1. The van der Waals surface area contributed by atoms with E-state index in [-0.39, 0.29) is 0 Å². The van der Waals surface area contributed by atoms with Crippen LogP contribution in [0.2, 0.25) is 0 Å². The summed E-state index contributed by atoms with van der Waals surface area (Å²) in [4.78, 5) is 2.28. The Morgan fingerprint density at radius 2 is 2.21 bits per heavy atom. The standard InChI is InChI=1S/C14H17N3O2/c15-8-12-7-13(19-16-12)10-17-5-6-18-14-4-2-1-3-11(14)9-17/h1-4,7H,5-6,8-10,15H2. The first kappa shape index (κ1) is 12.2. The van der Waals surface area contributed by atoms with Crippen molar-refractivity contribution in [1.82, 2.24) is 10.1 Å². The molecule has 5 nitrogen and oxygen atoms in total. The molecule has 19 heavy (non-hydrogen) atoms. The molecule has 2 N–H and O–H groups in total. The fraction of sp³-hybridized carbons (Fsp3) is 0.357. The van der Waals surface area contributed by atoms with Crippen LogP contribution in [0.3, 0.4) is 0 Å². The van der Waals surface area contributed by atoms with E-state index in [1.54, 1.807) is 0 Å². The Morgan fingerprint density at radius 3 is 3.05 bits per heavy atom. The fourth-order valence-electron chi connectivity index (χ4n) is 2.26. The molecule has 0 spiro atoms. The number of hydrogen-bond donors (Lipinski definition) is 1. The third kappa shape index (κ3) is 2.77. The molecule has 0 saturated carbocycles. The summed E-state index contributed by atoms with van der Waals surface area (Å²) in [5, 5.41) is 3.91. The van der Waals surface area contributed by atoms with Gasteiger partial charge in [0.25, 0.3) is 0 Å². The molecule has 3 rings (SSSR count). The zero-order valence-corrected chi connectivity index (χ0v) is 10.7. The van der Waals surface area contributed by atoms with E-state index in [1.165, 1.54) is 5.56 Å². The van der Waals surface area contributed by atoms with Gasteiger partial charge >= 0.3 is 0 Å². The molecular formula is C14H17N3O2. The summed E-state index contributed by atoms with van der Waals surface area (Å²) in [6, 6.07) is 10.1. The van der Waals surface area contributed by atoms with E-state index in [4.69, 9.17) is 15.0 Å². The normalized spacial score (nSPS) is 15.6. The van der Waals surface area contributed by atoms with E-state index in [1.807, 2.05) is 24.3 Å². The highest BCUT2D eigenvalue weighted by atomic mass is 16.5. The van der Waals surface area contributed by atoms with Crippen LogP contribution < -0.4 is 10.5 Å². The topological polar surface area (TPSA) is 64.5 Å². The minimum absolute atomic E-state index is 0.412. The number of benzene rings is 1. The van der Waals surface area contributed by atoms with Crippen LogP contribution in [0.25, 0.3) is 0 Å². The van der Waals surface area contributed by atoms with Gasteiger partial charge in [0, 0.05) is 31.3 Å². The van der Waals surface area contributed by atoms with E-state index in [2.05, 4.69) is 16.1 Å². The fourth-order valence-corrected chi connectivity index (χ4v) is 2.26. The van der Waals surface area contributed by atoms with Gasteiger partial charge in [-0.3, -0.25) is 4.90 Å². The second-order valence-corrected chi connectivity index (χ2v) is 4.66. The van der Waals surface area contributed by atoms with Gasteiger partial charge in [-0.05, 0) is 6.07 Å². The van der Waals surface area contributed by atoms with Crippen molar-refractivity contribution in [3.05, 3.63) is 47.3 Å². The lowest BCUT2D eigenvalue weighted by atomic mass is 10.2. The van der Waals surface area contributed by atoms with Gasteiger partial charge in [-0.1, -0.05) is 23.4 Å². The van der Waals surface area contributed by atoms with Gasteiger partial charge in [-0.25, -0.2) is 0 Å². The first-order valence-electron chi connectivity index (χ1n) is 6.43. The molecule has 0 amide bonds. The molecule has 2 aromatic rings. The summed E-state index contributed by atoms with van der Waals surface area (Å²) < 4.78 is 11.0. The summed E-state index contributed by atoms with van der Waals surface area (Å²) >= 11 is 0. The van der Waals surface area contributed by atoms with E-state index in [9.17, 15) is 0 Å². The van der Waals surface area contributed by atoms with Crippen molar-refractivity contribution in [2.45, 2.75) is 19.6 Å². The van der Waals surface area contributed by atoms with Crippen molar-refractivity contribution in [3.63, 3.8) is 0 Å². The minimum Gasteiger partial charge on any atom is -0.492 e. The summed E-state index contributed by atoms with van der Waals surface area (Å²) in [5.41, 5.74) is 7.53. The number of nitrogens with two attached hydrogens (primary N) is 1. The predicted octanol–water partition coefficient (Wildman–Crippen LogP) is 1.53. The lowest BCUT2D eigenvalue weighted by Gasteiger charge is -2.17. The molecule has 100 valence electrons. The average Bonchev–Trinajstić information content (AvgIpc) is 2.78. The molecule has 0 unspecified atom stereocenters. The SMILES string of the molecule is NCc1cc(CN2CCOc3ccccc3C2)on1. The number of ether oxygens (including phenoxy) is 1. The summed E-state index contributed by atoms with van der Waals surface area (Å²) in [6.45, 7) is 3.55. The van der Waals surface area contributed by atoms with Crippen LogP contribution in [0.1, 0.15) is 17.0 Å². The van der Waals surface area contributed by atoms with Crippen LogP contribution >= 0.6 is 0 Å². The molecule has 0 aliphatic carbocycles. The van der Waals surface area contributed by atoms with Crippen LogP contribution in [-0.4, -0.2) is 23.2 Å². The number of aromatic nitrogens is 1. The van der Waals surface area contributed by atoms with Crippen molar-refractivity contribution in [2.75, 3.05) is 13.2 Å². The van der Waals surface area contributed by atoms with Crippen molar-refractivity contribution in [2.24, 2.45) is 5.73 Å². The number of hydrogen-bond acceptors (Lipinski definition) is 5. The van der Waals surface area contributed by atoms with Gasteiger partial charge < -0.3 is 15.0 Å².